The quantitative estimate of drug-likeness (QED) is 0.785. The van der Waals surface area contributed by atoms with Gasteiger partial charge in [-0.1, -0.05) is 0 Å². The largest absolute Gasteiger partial charge is 0.424 e. The summed E-state index contributed by atoms with van der Waals surface area (Å²) in [7, 11) is 0. The fourth-order valence-electron chi connectivity index (χ4n) is 1.34. The second-order valence-corrected chi connectivity index (χ2v) is 3.78. The van der Waals surface area contributed by atoms with Crippen LogP contribution >= 0.6 is 11.6 Å². The van der Waals surface area contributed by atoms with Gasteiger partial charge in [0, 0.05) is 19.2 Å². The van der Waals surface area contributed by atoms with Crippen molar-refractivity contribution in [2.75, 3.05) is 18.5 Å². The van der Waals surface area contributed by atoms with Crippen molar-refractivity contribution in [2.24, 2.45) is 0 Å². The summed E-state index contributed by atoms with van der Waals surface area (Å²) in [6, 6.07) is 1.18. The maximum atomic E-state index is 11.6. The first-order valence-electron chi connectivity index (χ1n) is 5.11. The summed E-state index contributed by atoms with van der Waals surface area (Å²) < 4.78 is 9.77. The van der Waals surface area contributed by atoms with Gasteiger partial charge in [-0.3, -0.25) is 4.79 Å². The maximum Gasteiger partial charge on any atom is 0.353 e. The van der Waals surface area contributed by atoms with Crippen LogP contribution in [-0.4, -0.2) is 23.2 Å². The van der Waals surface area contributed by atoms with E-state index in [1.807, 2.05) is 0 Å². The summed E-state index contributed by atoms with van der Waals surface area (Å²) in [4.78, 5) is 26.5. The molecule has 0 amide bonds. The third kappa shape index (κ3) is 2.52. The lowest BCUT2D eigenvalue weighted by atomic mass is 10.3. The Morgan fingerprint density at radius 3 is 2.89 bits per heavy atom. The molecule has 0 spiro atoms. The number of nitrogens with one attached hydrogen (secondary N) is 1. The van der Waals surface area contributed by atoms with E-state index in [2.05, 4.69) is 14.7 Å². The topological polar surface area (TPSA) is 106 Å². The van der Waals surface area contributed by atoms with Crippen molar-refractivity contribution in [3.63, 3.8) is 0 Å². The lowest BCUT2D eigenvalue weighted by Crippen LogP contribution is -2.17. The zero-order chi connectivity index (χ0) is 13.1. The molecule has 7 nitrogen and oxygen atoms in total. The van der Waals surface area contributed by atoms with E-state index in [4.69, 9.17) is 21.1 Å². The number of rotatable bonds is 4. The second-order valence-electron chi connectivity index (χ2n) is 3.41. The SMILES string of the molecule is O=c1nc(NCCCO)oc2cc(Cl)oc(=O)c12. The maximum absolute atomic E-state index is 11.6. The molecule has 8 heteroatoms. The van der Waals surface area contributed by atoms with Crippen molar-refractivity contribution in [3.8, 4) is 0 Å². The molecule has 0 saturated carbocycles. The van der Waals surface area contributed by atoms with Gasteiger partial charge in [0.15, 0.2) is 11.0 Å². The van der Waals surface area contributed by atoms with E-state index in [0.717, 1.165) is 0 Å². The number of aliphatic hydroxyl groups excluding tert-OH is 1. The van der Waals surface area contributed by atoms with Gasteiger partial charge in [-0.2, -0.15) is 4.98 Å². The minimum Gasteiger partial charge on any atom is -0.424 e. The molecule has 2 aromatic heterocycles. The zero-order valence-corrected chi connectivity index (χ0v) is 9.86. The van der Waals surface area contributed by atoms with Crippen LogP contribution in [0.5, 0.6) is 0 Å². The molecule has 0 atom stereocenters. The van der Waals surface area contributed by atoms with Crippen molar-refractivity contribution in [1.29, 1.82) is 0 Å². The van der Waals surface area contributed by atoms with Gasteiger partial charge in [0.2, 0.25) is 5.22 Å². The monoisotopic (exact) mass is 272 g/mol. The lowest BCUT2D eigenvalue weighted by molar-refractivity contribution is 0.292. The Morgan fingerprint density at radius 1 is 1.39 bits per heavy atom. The summed E-state index contributed by atoms with van der Waals surface area (Å²) in [5.41, 5.74) is -1.64. The molecule has 0 radical (unpaired) electrons. The molecule has 18 heavy (non-hydrogen) atoms. The lowest BCUT2D eigenvalue weighted by Gasteiger charge is -2.03. The highest BCUT2D eigenvalue weighted by Crippen LogP contribution is 2.15. The minimum atomic E-state index is -0.888. The van der Waals surface area contributed by atoms with E-state index < -0.39 is 11.2 Å². The van der Waals surface area contributed by atoms with Crippen LogP contribution in [0.2, 0.25) is 5.22 Å². The van der Waals surface area contributed by atoms with E-state index >= 15 is 0 Å². The zero-order valence-electron chi connectivity index (χ0n) is 9.10. The summed E-state index contributed by atoms with van der Waals surface area (Å²) in [5, 5.41) is 10.9. The molecular weight excluding hydrogens is 264 g/mol. The van der Waals surface area contributed by atoms with Gasteiger partial charge in [0.25, 0.3) is 11.6 Å². The molecule has 0 aliphatic rings. The van der Waals surface area contributed by atoms with E-state index in [-0.39, 0.29) is 28.8 Å². The Labute approximate surface area is 105 Å². The first kappa shape index (κ1) is 12.6. The number of aromatic nitrogens is 1. The van der Waals surface area contributed by atoms with Crippen LogP contribution in [0.25, 0.3) is 11.0 Å². The molecule has 0 unspecified atom stereocenters. The molecule has 96 valence electrons. The highest BCUT2D eigenvalue weighted by molar-refractivity contribution is 6.29. The number of aliphatic hydroxyl groups is 1. The highest BCUT2D eigenvalue weighted by atomic mass is 35.5. The Kier molecular flexibility index (Phi) is 3.63. The van der Waals surface area contributed by atoms with E-state index in [1.165, 1.54) is 6.07 Å². The summed E-state index contributed by atoms with van der Waals surface area (Å²) in [6.07, 6.45) is 0.473. The van der Waals surface area contributed by atoms with Crippen LogP contribution in [0.4, 0.5) is 6.01 Å². The standard InChI is InChI=1S/C10H9ClN2O5/c11-6-4-5-7(9(16)18-6)8(15)13-10(17-5)12-2-1-3-14/h4,14H,1-3H2,(H,12,13,15). The molecule has 2 rings (SSSR count). The van der Waals surface area contributed by atoms with Crippen LogP contribution in [0, 0.1) is 0 Å². The molecule has 0 bridgehead atoms. The second kappa shape index (κ2) is 5.19. The Bertz CT molecular complexity index is 678. The fraction of sp³-hybridized carbons (Fsp3) is 0.300. The van der Waals surface area contributed by atoms with Gasteiger partial charge in [0.05, 0.1) is 0 Å². The van der Waals surface area contributed by atoms with Gasteiger partial charge in [-0.05, 0) is 18.0 Å². The summed E-state index contributed by atoms with van der Waals surface area (Å²) in [6.45, 7) is 0.382. The first-order valence-corrected chi connectivity index (χ1v) is 5.49. The number of anilines is 1. The molecule has 0 aliphatic heterocycles. The van der Waals surface area contributed by atoms with Crippen LogP contribution in [-0.2, 0) is 0 Å². The first-order chi connectivity index (χ1) is 8.61. The molecule has 2 heterocycles. The molecule has 0 aliphatic carbocycles. The molecular formula is C10H9ClN2O5. The third-order valence-corrected chi connectivity index (χ3v) is 2.31. The van der Waals surface area contributed by atoms with Gasteiger partial charge in [-0.15, -0.1) is 0 Å². The van der Waals surface area contributed by atoms with E-state index in [1.54, 1.807) is 0 Å². The number of fused-ring (bicyclic) bond motifs is 1. The minimum absolute atomic E-state index is 0.000228. The smallest absolute Gasteiger partial charge is 0.353 e. The van der Waals surface area contributed by atoms with Gasteiger partial charge < -0.3 is 19.3 Å². The van der Waals surface area contributed by atoms with Gasteiger partial charge in [0.1, 0.15) is 0 Å². The number of hydrogen-bond donors (Lipinski definition) is 2. The third-order valence-electron chi connectivity index (χ3n) is 2.12. The van der Waals surface area contributed by atoms with Crippen molar-refractivity contribution < 1.29 is 13.9 Å². The molecule has 0 aromatic carbocycles. The van der Waals surface area contributed by atoms with Crippen LogP contribution in [0.1, 0.15) is 6.42 Å². The Hall–Kier alpha value is -1.86. The normalized spacial score (nSPS) is 10.8. The number of nitrogens with zero attached hydrogens (tertiary/aromatic N) is 1. The van der Waals surface area contributed by atoms with Crippen LogP contribution in [0.15, 0.2) is 24.5 Å². The van der Waals surface area contributed by atoms with E-state index in [9.17, 15) is 9.59 Å². The fourth-order valence-corrected chi connectivity index (χ4v) is 1.51. The average Bonchev–Trinajstić information content (AvgIpc) is 2.27. The summed E-state index contributed by atoms with van der Waals surface area (Å²) in [5.74, 6) is 0. The Morgan fingerprint density at radius 2 is 2.17 bits per heavy atom. The van der Waals surface area contributed by atoms with Crippen molar-refractivity contribution >= 4 is 28.6 Å². The predicted molar refractivity (Wildman–Crippen MR) is 64.0 cm³/mol. The molecule has 0 fully saturated rings. The van der Waals surface area contributed by atoms with Crippen molar-refractivity contribution in [3.05, 3.63) is 32.1 Å². The van der Waals surface area contributed by atoms with E-state index in [0.29, 0.717) is 13.0 Å². The van der Waals surface area contributed by atoms with Gasteiger partial charge >= 0.3 is 5.63 Å². The van der Waals surface area contributed by atoms with Crippen LogP contribution in [0.3, 0.4) is 0 Å². The number of hydrogen-bond acceptors (Lipinski definition) is 7. The average molecular weight is 273 g/mol. The highest BCUT2D eigenvalue weighted by Gasteiger charge is 2.12. The molecule has 2 N–H and O–H groups in total. The van der Waals surface area contributed by atoms with Gasteiger partial charge in [-0.25, -0.2) is 4.79 Å². The summed E-state index contributed by atoms with van der Waals surface area (Å²) >= 11 is 5.55. The van der Waals surface area contributed by atoms with Crippen molar-refractivity contribution in [1.82, 2.24) is 4.98 Å². The van der Waals surface area contributed by atoms with Crippen LogP contribution < -0.4 is 16.5 Å². The van der Waals surface area contributed by atoms with Crippen molar-refractivity contribution in [2.45, 2.75) is 6.42 Å². The Balaban J connectivity index is 2.48. The molecule has 0 saturated heterocycles. The number of halogens is 1. The molecule has 2 aromatic rings. The predicted octanol–water partition coefficient (Wildman–Crippen LogP) is 0.589.